The molecule has 1 aromatic carbocycles. The van der Waals surface area contributed by atoms with Crippen molar-refractivity contribution >= 4 is 11.7 Å². The van der Waals surface area contributed by atoms with Crippen LogP contribution < -0.4 is 4.90 Å². The topological polar surface area (TPSA) is 55.3 Å². The number of carbonyl (C=O) groups is 1. The summed E-state index contributed by atoms with van der Waals surface area (Å²) in [7, 11) is 0. The molecule has 0 spiro atoms. The summed E-state index contributed by atoms with van der Waals surface area (Å²) in [5.74, 6) is -1.07. The molecule has 0 amide bonds. The highest BCUT2D eigenvalue weighted by Gasteiger charge is 2.29. The van der Waals surface area contributed by atoms with Crippen LogP contribution in [-0.4, -0.2) is 42.1 Å². The molecule has 130 valence electrons. The summed E-state index contributed by atoms with van der Waals surface area (Å²) in [6.45, 7) is 2.63. The van der Waals surface area contributed by atoms with Crippen LogP contribution in [0.2, 0.25) is 0 Å². The zero-order valence-electron chi connectivity index (χ0n) is 13.5. The van der Waals surface area contributed by atoms with Gasteiger partial charge in [-0.25, -0.2) is 18.7 Å². The zero-order chi connectivity index (χ0) is 17.4. The molecule has 5 nitrogen and oxygen atoms in total. The highest BCUT2D eigenvalue weighted by molar-refractivity contribution is 5.98. The molecule has 1 fully saturated rings. The molecule has 1 saturated heterocycles. The number of Topliss-reactive ketones (excluding diaryl/α,β-unsaturated/α-hetero) is 1. The van der Waals surface area contributed by atoms with E-state index in [4.69, 9.17) is 4.74 Å². The van der Waals surface area contributed by atoms with Crippen molar-refractivity contribution in [2.75, 3.05) is 31.2 Å². The number of ether oxygens (including phenoxy) is 1. The van der Waals surface area contributed by atoms with Gasteiger partial charge in [-0.2, -0.15) is 0 Å². The van der Waals surface area contributed by atoms with E-state index in [1.165, 1.54) is 12.1 Å². The molecule has 25 heavy (non-hydrogen) atoms. The van der Waals surface area contributed by atoms with Gasteiger partial charge in [-0.3, -0.25) is 4.79 Å². The Morgan fingerprint density at radius 1 is 1.08 bits per heavy atom. The van der Waals surface area contributed by atoms with Crippen LogP contribution in [-0.2, 0) is 11.2 Å². The predicted octanol–water partition coefficient (Wildman–Crippen LogP) is 2.50. The van der Waals surface area contributed by atoms with Crippen LogP contribution in [0.5, 0.6) is 0 Å². The molecule has 0 unspecified atom stereocenters. The van der Waals surface area contributed by atoms with E-state index in [9.17, 15) is 13.6 Å². The van der Waals surface area contributed by atoms with Crippen LogP contribution in [0.15, 0.2) is 24.4 Å². The van der Waals surface area contributed by atoms with E-state index in [-0.39, 0.29) is 18.1 Å². The SMILES string of the molecule is O=C1C[C@H](c2cc(F)cc(F)c2)Cc2nc(N3CCOCC3)ncc21. The molecule has 7 heteroatoms. The number of carbonyl (C=O) groups excluding carboxylic acids is 1. The quantitative estimate of drug-likeness (QED) is 0.837. The van der Waals surface area contributed by atoms with E-state index in [1.54, 1.807) is 6.20 Å². The van der Waals surface area contributed by atoms with Gasteiger partial charge in [-0.15, -0.1) is 0 Å². The third-order valence-electron chi connectivity index (χ3n) is 4.68. The number of halogens is 2. The maximum Gasteiger partial charge on any atom is 0.225 e. The van der Waals surface area contributed by atoms with Gasteiger partial charge in [0, 0.05) is 31.8 Å². The van der Waals surface area contributed by atoms with Crippen molar-refractivity contribution in [1.82, 2.24) is 9.97 Å². The average molecular weight is 345 g/mol. The molecule has 1 aliphatic carbocycles. The molecule has 0 bridgehead atoms. The third-order valence-corrected chi connectivity index (χ3v) is 4.68. The summed E-state index contributed by atoms with van der Waals surface area (Å²) in [6, 6.07) is 3.41. The fraction of sp³-hybridized carbons (Fsp3) is 0.389. The van der Waals surface area contributed by atoms with E-state index in [1.807, 2.05) is 4.90 Å². The first-order valence-corrected chi connectivity index (χ1v) is 8.28. The van der Waals surface area contributed by atoms with Crippen LogP contribution >= 0.6 is 0 Å². The van der Waals surface area contributed by atoms with Gasteiger partial charge in [0.05, 0.1) is 24.5 Å². The highest BCUT2D eigenvalue weighted by Crippen LogP contribution is 2.33. The number of fused-ring (bicyclic) bond motifs is 1. The van der Waals surface area contributed by atoms with Crippen LogP contribution in [0.1, 0.15) is 34.0 Å². The van der Waals surface area contributed by atoms with Crippen LogP contribution in [0.3, 0.4) is 0 Å². The van der Waals surface area contributed by atoms with Gasteiger partial charge in [0.15, 0.2) is 5.78 Å². The smallest absolute Gasteiger partial charge is 0.225 e. The standard InChI is InChI=1S/C18H17F2N3O2/c19-13-5-11(6-14(20)9-13)12-7-16-15(17(24)8-12)10-21-18(22-16)23-1-3-25-4-2-23/h5-6,9-10,12H,1-4,7-8H2/t12-/m1/s1. The lowest BCUT2D eigenvalue weighted by atomic mass is 9.82. The largest absolute Gasteiger partial charge is 0.378 e. The second-order valence-corrected chi connectivity index (χ2v) is 6.36. The predicted molar refractivity (Wildman–Crippen MR) is 86.8 cm³/mol. The van der Waals surface area contributed by atoms with Gasteiger partial charge in [-0.05, 0) is 30.0 Å². The number of benzene rings is 1. The minimum absolute atomic E-state index is 0.0931. The van der Waals surface area contributed by atoms with E-state index >= 15 is 0 Å². The number of rotatable bonds is 2. The Labute approximate surface area is 143 Å². The Balaban J connectivity index is 1.65. The normalized spacial score (nSPS) is 20.5. The summed E-state index contributed by atoms with van der Waals surface area (Å²) >= 11 is 0. The Morgan fingerprint density at radius 3 is 2.52 bits per heavy atom. The monoisotopic (exact) mass is 345 g/mol. The summed E-state index contributed by atoms with van der Waals surface area (Å²) in [6.07, 6.45) is 2.23. The Hall–Kier alpha value is -2.41. The van der Waals surface area contributed by atoms with Gasteiger partial charge >= 0.3 is 0 Å². The molecular weight excluding hydrogens is 328 g/mol. The number of hydrogen-bond donors (Lipinski definition) is 0. The maximum atomic E-state index is 13.5. The first kappa shape index (κ1) is 16.1. The van der Waals surface area contributed by atoms with Gasteiger partial charge in [0.25, 0.3) is 0 Å². The number of nitrogens with zero attached hydrogens (tertiary/aromatic N) is 3. The van der Waals surface area contributed by atoms with Crippen molar-refractivity contribution in [2.45, 2.75) is 18.8 Å². The van der Waals surface area contributed by atoms with Gasteiger partial charge in [-0.1, -0.05) is 0 Å². The van der Waals surface area contributed by atoms with E-state index in [0.717, 1.165) is 6.07 Å². The zero-order valence-corrected chi connectivity index (χ0v) is 13.5. The van der Waals surface area contributed by atoms with Crippen molar-refractivity contribution < 1.29 is 18.3 Å². The fourth-order valence-electron chi connectivity index (χ4n) is 3.40. The highest BCUT2D eigenvalue weighted by atomic mass is 19.1. The fourth-order valence-corrected chi connectivity index (χ4v) is 3.40. The molecule has 2 aromatic rings. The maximum absolute atomic E-state index is 13.5. The van der Waals surface area contributed by atoms with Crippen molar-refractivity contribution in [3.05, 3.63) is 52.9 Å². The molecule has 2 aliphatic rings. The molecule has 1 aromatic heterocycles. The van der Waals surface area contributed by atoms with Gasteiger partial charge in [0.2, 0.25) is 5.95 Å². The first-order valence-electron chi connectivity index (χ1n) is 8.28. The lowest BCUT2D eigenvalue weighted by Gasteiger charge is -2.28. The number of morpholine rings is 1. The number of ketones is 1. The van der Waals surface area contributed by atoms with E-state index in [2.05, 4.69) is 9.97 Å². The molecule has 0 N–H and O–H groups in total. The van der Waals surface area contributed by atoms with Crippen molar-refractivity contribution in [1.29, 1.82) is 0 Å². The van der Waals surface area contributed by atoms with Crippen LogP contribution in [0.25, 0.3) is 0 Å². The number of aromatic nitrogens is 2. The summed E-state index contributed by atoms with van der Waals surface area (Å²) in [5.41, 5.74) is 1.63. The van der Waals surface area contributed by atoms with E-state index in [0.29, 0.717) is 55.5 Å². The van der Waals surface area contributed by atoms with Crippen LogP contribution in [0, 0.1) is 11.6 Å². The van der Waals surface area contributed by atoms with Gasteiger partial charge in [0.1, 0.15) is 11.6 Å². The molecule has 4 rings (SSSR count). The summed E-state index contributed by atoms with van der Waals surface area (Å²) < 4.78 is 32.4. The van der Waals surface area contributed by atoms with Crippen molar-refractivity contribution in [3.63, 3.8) is 0 Å². The molecule has 1 atom stereocenters. The van der Waals surface area contributed by atoms with Gasteiger partial charge < -0.3 is 9.64 Å². The second-order valence-electron chi connectivity index (χ2n) is 6.36. The molecule has 2 heterocycles. The summed E-state index contributed by atoms with van der Waals surface area (Å²) in [4.78, 5) is 23.3. The molecule has 0 saturated carbocycles. The molecular formula is C18H17F2N3O2. The average Bonchev–Trinajstić information content (AvgIpc) is 2.61. The first-order chi connectivity index (χ1) is 12.1. The lowest BCUT2D eigenvalue weighted by Crippen LogP contribution is -2.37. The molecule has 1 aliphatic heterocycles. The Kier molecular flexibility index (Phi) is 4.17. The second kappa shape index (κ2) is 6.48. The van der Waals surface area contributed by atoms with Crippen molar-refractivity contribution in [3.8, 4) is 0 Å². The molecule has 0 radical (unpaired) electrons. The Morgan fingerprint density at radius 2 is 1.80 bits per heavy atom. The number of hydrogen-bond acceptors (Lipinski definition) is 5. The summed E-state index contributed by atoms with van der Waals surface area (Å²) in [5, 5.41) is 0. The number of anilines is 1. The third kappa shape index (κ3) is 3.24. The Bertz CT molecular complexity index is 802. The van der Waals surface area contributed by atoms with E-state index < -0.39 is 11.6 Å². The minimum atomic E-state index is -0.634. The van der Waals surface area contributed by atoms with Crippen molar-refractivity contribution in [2.24, 2.45) is 0 Å². The lowest BCUT2D eigenvalue weighted by molar-refractivity contribution is 0.0962. The van der Waals surface area contributed by atoms with Crippen LogP contribution in [0.4, 0.5) is 14.7 Å². The minimum Gasteiger partial charge on any atom is -0.378 e.